The fourth-order valence-corrected chi connectivity index (χ4v) is 8.43. The van der Waals surface area contributed by atoms with E-state index in [2.05, 4.69) is 41.5 Å². The number of rotatable bonds is 14. The predicted molar refractivity (Wildman–Crippen MR) is 230 cm³/mol. The number of carbonyl (C=O) groups is 5. The first-order valence-electron chi connectivity index (χ1n) is 19.3. The minimum atomic E-state index is -0.576. The topological polar surface area (TPSA) is 262 Å². The van der Waals surface area contributed by atoms with Crippen molar-refractivity contribution in [2.45, 2.75) is 78.1 Å². The number of hydrogen-bond donors (Lipinski definition) is 8. The quantitative estimate of drug-likeness (QED) is 0.0370. The monoisotopic (exact) mass is 829 g/mol. The van der Waals surface area contributed by atoms with E-state index in [-0.39, 0.29) is 29.4 Å². The maximum atomic E-state index is 12.9. The number of guanidine groups is 1. The number of ketones is 2. The largest absolute Gasteiger partial charge is 0.370 e. The SMILES string of the molecule is Cc1ccc(NC(=O)Nc2ncc(CCN=C(N)N)s2)c(C(=O)C2CCCC2)c1.Cc1ccc(NC(=O)Nc2ncc(CCNC(N)=O)s2)c(C(=O)C2CCCC2)c1. The zero-order valence-corrected chi connectivity index (χ0v) is 34.3. The van der Waals surface area contributed by atoms with Gasteiger partial charge in [0.2, 0.25) is 0 Å². The molecule has 0 radical (unpaired) electrons. The molecule has 6 amide bonds. The smallest absolute Gasteiger partial charge is 0.325 e. The van der Waals surface area contributed by atoms with Crippen LogP contribution in [0.3, 0.4) is 0 Å². The van der Waals surface area contributed by atoms with Crippen molar-refractivity contribution in [1.82, 2.24) is 15.3 Å². The molecule has 2 aromatic heterocycles. The number of thiazole rings is 2. The fraction of sp³-hybridized carbons (Fsp3) is 0.400. The maximum absolute atomic E-state index is 12.9. The molecule has 2 heterocycles. The summed E-state index contributed by atoms with van der Waals surface area (Å²) in [5.74, 6) is 0.342. The van der Waals surface area contributed by atoms with Gasteiger partial charge < -0.3 is 33.2 Å². The van der Waals surface area contributed by atoms with Gasteiger partial charge in [0, 0.05) is 71.0 Å². The van der Waals surface area contributed by atoms with Gasteiger partial charge in [0.25, 0.3) is 0 Å². The van der Waals surface area contributed by atoms with Crippen molar-refractivity contribution >= 4 is 79.9 Å². The van der Waals surface area contributed by atoms with Crippen molar-refractivity contribution in [1.29, 1.82) is 0 Å². The highest BCUT2D eigenvalue weighted by Crippen LogP contribution is 2.32. The minimum Gasteiger partial charge on any atom is -0.370 e. The first kappa shape index (κ1) is 43.2. The lowest BCUT2D eigenvalue weighted by molar-refractivity contribution is 0.0916. The number of aryl methyl sites for hydroxylation is 2. The highest BCUT2D eigenvalue weighted by Gasteiger charge is 2.27. The lowest BCUT2D eigenvalue weighted by Crippen LogP contribution is -2.30. The van der Waals surface area contributed by atoms with Crippen molar-refractivity contribution in [3.05, 3.63) is 80.8 Å². The summed E-state index contributed by atoms with van der Waals surface area (Å²) in [6.07, 6.45) is 12.5. The van der Waals surface area contributed by atoms with Crippen LogP contribution in [-0.4, -0.2) is 58.7 Å². The molecule has 0 unspecified atom stereocenters. The van der Waals surface area contributed by atoms with Crippen molar-refractivity contribution < 1.29 is 24.0 Å². The second-order valence-electron chi connectivity index (χ2n) is 14.3. The Bertz CT molecular complexity index is 2120. The second-order valence-corrected chi connectivity index (χ2v) is 16.5. The van der Waals surface area contributed by atoms with Crippen molar-refractivity contribution in [2.75, 3.05) is 34.4 Å². The number of carbonyl (C=O) groups excluding carboxylic acids is 5. The molecule has 0 spiro atoms. The number of nitrogens with one attached hydrogen (secondary N) is 5. The summed E-state index contributed by atoms with van der Waals surface area (Å²) in [5, 5.41) is 14.4. The van der Waals surface area contributed by atoms with Crippen LogP contribution in [0.15, 0.2) is 53.8 Å². The zero-order valence-electron chi connectivity index (χ0n) is 32.7. The number of aromatic nitrogens is 2. The van der Waals surface area contributed by atoms with E-state index in [1.807, 2.05) is 38.1 Å². The molecule has 308 valence electrons. The van der Waals surface area contributed by atoms with Gasteiger partial charge in [-0.05, 0) is 63.8 Å². The number of hydrogen-bond acceptors (Lipinski definition) is 10. The van der Waals surface area contributed by atoms with Crippen LogP contribution >= 0.6 is 22.7 Å². The standard InChI is InChI=1S/C20H26N6O2S.C20H25N5O3S/c1-12-6-7-16(15(10-12)17(27)13-4-2-3-5-13)25-19(28)26-20-24-11-14(29-20)8-9-23-18(21)22;1-12-6-7-16(15(10-12)17(26)13-4-2-3-5-13)24-19(28)25-20-23-11-14(29-20)8-9-22-18(21)27/h6-7,10-11,13H,2-5,8-9H2,1H3,(H4,21,22,23)(H2,24,25,26,28);6-7,10-11,13H,2-5,8-9H2,1H3,(H3,21,22,27)(H2,23,24,25,28). The van der Waals surface area contributed by atoms with Gasteiger partial charge in [-0.1, -0.05) is 48.9 Å². The van der Waals surface area contributed by atoms with Crippen LogP contribution in [0.4, 0.5) is 36.0 Å². The van der Waals surface area contributed by atoms with E-state index in [4.69, 9.17) is 17.2 Å². The number of nitrogens with zero attached hydrogens (tertiary/aromatic N) is 3. The molecule has 2 aliphatic rings. The van der Waals surface area contributed by atoms with Gasteiger partial charge in [0.1, 0.15) is 0 Å². The molecule has 18 heteroatoms. The molecule has 2 aliphatic carbocycles. The number of amides is 6. The van der Waals surface area contributed by atoms with Gasteiger partial charge in [-0.25, -0.2) is 24.4 Å². The summed E-state index contributed by atoms with van der Waals surface area (Å²) in [4.78, 5) is 75.5. The molecule has 2 fully saturated rings. The molecule has 11 N–H and O–H groups in total. The molecule has 16 nitrogen and oxygen atoms in total. The van der Waals surface area contributed by atoms with Crippen LogP contribution < -0.4 is 43.8 Å². The average molecular weight is 830 g/mol. The molecule has 4 aromatic rings. The summed E-state index contributed by atoms with van der Waals surface area (Å²) in [5.41, 5.74) is 19.8. The molecule has 0 atom stereocenters. The third-order valence-corrected chi connectivity index (χ3v) is 11.6. The van der Waals surface area contributed by atoms with Crippen LogP contribution in [0.25, 0.3) is 0 Å². The Morgan fingerprint density at radius 2 is 1.12 bits per heavy atom. The molecule has 0 bridgehead atoms. The summed E-state index contributed by atoms with van der Waals surface area (Å²) in [6.45, 7) is 4.74. The molecule has 2 aromatic carbocycles. The summed E-state index contributed by atoms with van der Waals surface area (Å²) in [7, 11) is 0. The Balaban J connectivity index is 0.000000221. The summed E-state index contributed by atoms with van der Waals surface area (Å²) < 4.78 is 0. The van der Waals surface area contributed by atoms with Crippen LogP contribution in [0.5, 0.6) is 0 Å². The van der Waals surface area contributed by atoms with Gasteiger partial charge in [-0.3, -0.25) is 25.2 Å². The Morgan fingerprint density at radius 1 is 0.672 bits per heavy atom. The van der Waals surface area contributed by atoms with E-state index >= 15 is 0 Å². The number of Topliss-reactive ketones (excluding diaryl/α,β-unsaturated/α-hetero) is 2. The Hall–Kier alpha value is -5.88. The fourth-order valence-electron chi connectivity index (χ4n) is 6.82. The van der Waals surface area contributed by atoms with Crippen LogP contribution in [0, 0.1) is 25.7 Å². The van der Waals surface area contributed by atoms with Crippen LogP contribution in [0.1, 0.15) is 93.0 Å². The van der Waals surface area contributed by atoms with Crippen molar-refractivity contribution in [2.24, 2.45) is 34.0 Å². The lowest BCUT2D eigenvalue weighted by atomic mass is 9.94. The molecule has 58 heavy (non-hydrogen) atoms. The third-order valence-electron chi connectivity index (χ3n) is 9.70. The highest BCUT2D eigenvalue weighted by atomic mass is 32.1. The first-order chi connectivity index (χ1) is 27.8. The normalized spacial score (nSPS) is 13.8. The summed E-state index contributed by atoms with van der Waals surface area (Å²) >= 11 is 2.67. The molecule has 6 rings (SSSR count). The van der Waals surface area contributed by atoms with Gasteiger partial charge in [0.15, 0.2) is 27.8 Å². The number of aliphatic imine (C=N–C) groups is 1. The molecule has 0 saturated heterocycles. The second kappa shape index (κ2) is 21.0. The first-order valence-corrected chi connectivity index (χ1v) is 20.9. The maximum Gasteiger partial charge on any atom is 0.325 e. The van der Waals surface area contributed by atoms with Crippen LogP contribution in [-0.2, 0) is 12.8 Å². The Morgan fingerprint density at radius 3 is 1.55 bits per heavy atom. The van der Waals surface area contributed by atoms with E-state index in [9.17, 15) is 24.0 Å². The number of primary amides is 1. The zero-order chi connectivity index (χ0) is 41.6. The number of anilines is 4. The lowest BCUT2D eigenvalue weighted by Gasteiger charge is -2.14. The summed E-state index contributed by atoms with van der Waals surface area (Å²) in [6, 6.07) is 9.52. The van der Waals surface area contributed by atoms with Crippen LogP contribution in [0.2, 0.25) is 0 Å². The number of benzene rings is 2. The predicted octanol–water partition coefficient (Wildman–Crippen LogP) is 6.96. The average Bonchev–Trinajstić information content (AvgIpc) is 4.02. The third kappa shape index (κ3) is 13.1. The van der Waals surface area contributed by atoms with E-state index < -0.39 is 18.1 Å². The van der Waals surface area contributed by atoms with Crippen molar-refractivity contribution in [3.63, 3.8) is 0 Å². The number of nitrogens with two attached hydrogens (primary N) is 3. The highest BCUT2D eigenvalue weighted by molar-refractivity contribution is 7.16. The molecular weight excluding hydrogens is 779 g/mol. The van der Waals surface area contributed by atoms with E-state index in [1.54, 1.807) is 24.5 Å². The Labute approximate surface area is 345 Å². The molecule has 2 saturated carbocycles. The number of urea groups is 3. The van der Waals surface area contributed by atoms with Gasteiger partial charge in [-0.2, -0.15) is 0 Å². The minimum absolute atomic E-state index is 0.0379. The van der Waals surface area contributed by atoms with E-state index in [1.165, 1.54) is 22.7 Å². The molecule has 0 aliphatic heterocycles. The Kier molecular flexibility index (Phi) is 15.7. The van der Waals surface area contributed by atoms with Gasteiger partial charge in [-0.15, -0.1) is 22.7 Å². The van der Waals surface area contributed by atoms with Gasteiger partial charge >= 0.3 is 18.1 Å². The van der Waals surface area contributed by atoms with Crippen molar-refractivity contribution in [3.8, 4) is 0 Å². The molecular formula is C40H51N11O5S2. The van der Waals surface area contributed by atoms with Gasteiger partial charge in [0.05, 0.1) is 11.4 Å². The van der Waals surface area contributed by atoms with E-state index in [0.717, 1.165) is 72.2 Å². The van der Waals surface area contributed by atoms with E-state index in [0.29, 0.717) is 58.7 Å².